The smallest absolute Gasteiger partial charge is 0.287 e. The van der Waals surface area contributed by atoms with Gasteiger partial charge in [-0.25, -0.2) is 4.39 Å². The van der Waals surface area contributed by atoms with Gasteiger partial charge in [0.2, 0.25) is 0 Å². The summed E-state index contributed by atoms with van der Waals surface area (Å²) in [6.45, 7) is 1.41. The molecule has 3 rings (SSSR count). The van der Waals surface area contributed by atoms with E-state index in [0.29, 0.717) is 10.9 Å². The lowest BCUT2D eigenvalue weighted by atomic mass is 10.1. The molecule has 1 heterocycles. The molecule has 0 aliphatic rings. The summed E-state index contributed by atoms with van der Waals surface area (Å²) >= 11 is 0. The van der Waals surface area contributed by atoms with Crippen LogP contribution in [0.15, 0.2) is 40.8 Å². The van der Waals surface area contributed by atoms with Gasteiger partial charge >= 0.3 is 0 Å². The average molecular weight is 343 g/mol. The summed E-state index contributed by atoms with van der Waals surface area (Å²) in [5.74, 6) is -1.73. The van der Waals surface area contributed by atoms with Crippen molar-refractivity contribution in [2.75, 3.05) is 0 Å². The zero-order valence-corrected chi connectivity index (χ0v) is 13.0. The van der Waals surface area contributed by atoms with Gasteiger partial charge in [-0.2, -0.15) is 0 Å². The molecule has 0 radical (unpaired) electrons. The van der Waals surface area contributed by atoms with Crippen LogP contribution in [0.3, 0.4) is 0 Å². The second kappa shape index (κ2) is 6.23. The van der Waals surface area contributed by atoms with Crippen molar-refractivity contribution in [2.24, 2.45) is 0 Å². The first-order chi connectivity index (χ1) is 11.9. The number of nitro groups is 1. The Morgan fingerprint density at radius 2 is 2.08 bits per heavy atom. The Labute approximate surface area is 140 Å². The standard InChI is InChI=1S/C17H13FN2O5/c1-9-12-3-2-4-13(18)16(12)25-15(9)17(22)19-8-10-7-11(20(23)24)5-6-14(10)21/h2-7,21H,8H2,1H3,(H,19,22)/p-1. The van der Waals surface area contributed by atoms with Crippen LogP contribution < -0.4 is 10.4 Å². The molecule has 0 bridgehead atoms. The van der Waals surface area contributed by atoms with Gasteiger partial charge in [0, 0.05) is 29.6 Å². The largest absolute Gasteiger partial charge is 0.872 e. The highest BCUT2D eigenvalue weighted by Crippen LogP contribution is 2.27. The molecule has 25 heavy (non-hydrogen) atoms. The van der Waals surface area contributed by atoms with Crippen molar-refractivity contribution in [3.8, 4) is 5.75 Å². The second-order valence-corrected chi connectivity index (χ2v) is 5.40. The summed E-state index contributed by atoms with van der Waals surface area (Å²) in [7, 11) is 0. The van der Waals surface area contributed by atoms with E-state index in [1.807, 2.05) is 0 Å². The molecule has 0 saturated heterocycles. The monoisotopic (exact) mass is 343 g/mol. The predicted octanol–water partition coefficient (Wildman–Crippen LogP) is 2.79. The van der Waals surface area contributed by atoms with Crippen LogP contribution in [0.5, 0.6) is 5.75 Å². The number of fused-ring (bicyclic) bond motifs is 1. The number of benzene rings is 2. The highest BCUT2D eigenvalue weighted by atomic mass is 19.1. The number of para-hydroxylation sites is 1. The number of nitrogens with one attached hydrogen (secondary N) is 1. The highest BCUT2D eigenvalue weighted by molar-refractivity contribution is 5.99. The summed E-state index contributed by atoms with van der Waals surface area (Å²) in [4.78, 5) is 22.4. The van der Waals surface area contributed by atoms with Crippen LogP contribution in [0.1, 0.15) is 21.7 Å². The summed E-state index contributed by atoms with van der Waals surface area (Å²) < 4.78 is 19.0. The molecule has 1 aromatic heterocycles. The molecule has 0 atom stereocenters. The molecule has 0 fully saturated rings. The van der Waals surface area contributed by atoms with Crippen molar-refractivity contribution in [2.45, 2.75) is 13.5 Å². The van der Waals surface area contributed by atoms with Crippen molar-refractivity contribution in [1.82, 2.24) is 5.32 Å². The Balaban J connectivity index is 1.84. The Hall–Kier alpha value is -3.42. The summed E-state index contributed by atoms with van der Waals surface area (Å²) in [6, 6.07) is 7.63. The molecule has 0 unspecified atom stereocenters. The number of non-ortho nitro benzene ring substituents is 1. The maximum Gasteiger partial charge on any atom is 0.287 e. The fraction of sp³-hybridized carbons (Fsp3) is 0.118. The Morgan fingerprint density at radius 1 is 1.32 bits per heavy atom. The topological polar surface area (TPSA) is 108 Å². The Kier molecular flexibility index (Phi) is 4.10. The summed E-state index contributed by atoms with van der Waals surface area (Å²) in [5.41, 5.74) is 0.270. The maximum atomic E-state index is 13.7. The number of furan rings is 1. The third-order valence-electron chi connectivity index (χ3n) is 3.82. The summed E-state index contributed by atoms with van der Waals surface area (Å²) in [5, 5.41) is 25.5. The van der Waals surface area contributed by atoms with Crippen molar-refractivity contribution >= 4 is 22.6 Å². The van der Waals surface area contributed by atoms with E-state index in [4.69, 9.17) is 4.42 Å². The summed E-state index contributed by atoms with van der Waals surface area (Å²) in [6.07, 6.45) is 0. The first-order valence-electron chi connectivity index (χ1n) is 7.28. The van der Waals surface area contributed by atoms with Gasteiger partial charge in [-0.1, -0.05) is 18.2 Å². The number of hydrogen-bond acceptors (Lipinski definition) is 5. The minimum atomic E-state index is -0.640. The Morgan fingerprint density at radius 3 is 2.76 bits per heavy atom. The lowest BCUT2D eigenvalue weighted by Gasteiger charge is -2.13. The van der Waals surface area contributed by atoms with Crippen LogP contribution in [-0.2, 0) is 6.54 Å². The lowest BCUT2D eigenvalue weighted by Crippen LogP contribution is -2.23. The molecule has 1 N–H and O–H groups in total. The third-order valence-corrected chi connectivity index (χ3v) is 3.82. The quantitative estimate of drug-likeness (QED) is 0.579. The molecule has 0 aliphatic carbocycles. The van der Waals surface area contributed by atoms with Gasteiger partial charge in [-0.05, 0) is 18.6 Å². The van der Waals surface area contributed by atoms with E-state index in [1.165, 1.54) is 12.1 Å². The van der Waals surface area contributed by atoms with Gasteiger partial charge in [-0.15, -0.1) is 5.75 Å². The molecular formula is C17H12FN2O5-. The van der Waals surface area contributed by atoms with Crippen LogP contribution in [0, 0.1) is 22.9 Å². The number of amides is 1. The number of hydrogen-bond donors (Lipinski definition) is 1. The molecule has 2 aromatic carbocycles. The van der Waals surface area contributed by atoms with Crippen LogP contribution >= 0.6 is 0 Å². The van der Waals surface area contributed by atoms with E-state index in [0.717, 1.165) is 18.2 Å². The average Bonchev–Trinajstić information content (AvgIpc) is 2.92. The van der Waals surface area contributed by atoms with E-state index >= 15 is 0 Å². The van der Waals surface area contributed by atoms with E-state index in [-0.39, 0.29) is 29.1 Å². The number of nitrogens with zero attached hydrogens (tertiary/aromatic N) is 1. The van der Waals surface area contributed by atoms with Gasteiger partial charge in [0.1, 0.15) is 0 Å². The third kappa shape index (κ3) is 3.01. The van der Waals surface area contributed by atoms with Crippen molar-refractivity contribution in [3.05, 3.63) is 69.2 Å². The molecule has 7 nitrogen and oxygen atoms in total. The fourth-order valence-corrected chi connectivity index (χ4v) is 2.50. The number of nitro benzene ring substituents is 1. The minimum Gasteiger partial charge on any atom is -0.872 e. The van der Waals surface area contributed by atoms with Crippen molar-refractivity contribution in [3.63, 3.8) is 0 Å². The molecule has 0 saturated carbocycles. The fourth-order valence-electron chi connectivity index (χ4n) is 2.50. The zero-order chi connectivity index (χ0) is 18.1. The molecule has 128 valence electrons. The van der Waals surface area contributed by atoms with Crippen molar-refractivity contribution in [1.29, 1.82) is 0 Å². The number of aryl methyl sites for hydroxylation is 1. The van der Waals surface area contributed by atoms with Gasteiger partial charge in [0.25, 0.3) is 11.6 Å². The normalized spacial score (nSPS) is 10.8. The van der Waals surface area contributed by atoms with E-state index in [1.54, 1.807) is 13.0 Å². The lowest BCUT2D eigenvalue weighted by molar-refractivity contribution is -0.385. The van der Waals surface area contributed by atoms with Crippen molar-refractivity contribution < 1.29 is 23.6 Å². The van der Waals surface area contributed by atoms with E-state index < -0.39 is 22.4 Å². The first-order valence-corrected chi connectivity index (χ1v) is 7.28. The highest BCUT2D eigenvalue weighted by Gasteiger charge is 2.19. The molecule has 3 aromatic rings. The molecule has 1 amide bonds. The molecule has 8 heteroatoms. The SMILES string of the molecule is Cc1c(C(=O)NCc2cc([N+](=O)[O-])ccc2[O-])oc2c(F)cccc12. The zero-order valence-electron chi connectivity index (χ0n) is 13.0. The van der Waals surface area contributed by atoms with Crippen LogP contribution in [0.25, 0.3) is 11.0 Å². The predicted molar refractivity (Wildman–Crippen MR) is 84.6 cm³/mol. The number of carbonyl (C=O) groups is 1. The maximum absolute atomic E-state index is 13.7. The Bertz CT molecular complexity index is 996. The van der Waals surface area contributed by atoms with Crippen LogP contribution in [-0.4, -0.2) is 10.8 Å². The van der Waals surface area contributed by atoms with Crippen LogP contribution in [0.2, 0.25) is 0 Å². The molecule has 0 aliphatic heterocycles. The van der Waals surface area contributed by atoms with Gasteiger partial charge in [-0.3, -0.25) is 14.9 Å². The molecule has 0 spiro atoms. The van der Waals surface area contributed by atoms with Crippen LogP contribution in [0.4, 0.5) is 10.1 Å². The minimum absolute atomic E-state index is 0.0231. The van der Waals surface area contributed by atoms with Gasteiger partial charge < -0.3 is 14.8 Å². The molecular weight excluding hydrogens is 331 g/mol. The van der Waals surface area contributed by atoms with Gasteiger partial charge in [0.05, 0.1) is 4.92 Å². The number of halogens is 1. The first kappa shape index (κ1) is 16.4. The van der Waals surface area contributed by atoms with E-state index in [2.05, 4.69) is 5.32 Å². The second-order valence-electron chi connectivity index (χ2n) is 5.40. The number of carbonyl (C=O) groups excluding carboxylic acids is 1. The number of rotatable bonds is 4. The van der Waals surface area contributed by atoms with E-state index in [9.17, 15) is 24.4 Å². The van der Waals surface area contributed by atoms with Gasteiger partial charge in [0.15, 0.2) is 17.2 Å².